The molecule has 0 aliphatic carbocycles. The number of unbranched alkanes of at least 4 members (excludes halogenated alkanes) is 7. The van der Waals surface area contributed by atoms with Crippen molar-refractivity contribution in [2.75, 3.05) is 6.61 Å². The highest BCUT2D eigenvalue weighted by molar-refractivity contribution is 5.91. The highest BCUT2D eigenvalue weighted by atomic mass is 16.5. The van der Waals surface area contributed by atoms with Crippen molar-refractivity contribution in [3.05, 3.63) is 59.7 Å². The lowest BCUT2D eigenvalue weighted by Crippen LogP contribution is -2.08. The summed E-state index contributed by atoms with van der Waals surface area (Å²) in [6.45, 7) is 5.16. The molecule has 0 aliphatic heterocycles. The molecule has 3 nitrogen and oxygen atoms in total. The minimum Gasteiger partial charge on any atom is -0.494 e. The number of hydrogen-bond donors (Lipinski definition) is 0. The molecule has 0 amide bonds. The lowest BCUT2D eigenvalue weighted by molar-refractivity contribution is 0.0734. The fourth-order valence-corrected chi connectivity index (χ4v) is 3.23. The standard InChI is InChI=1S/C26H36O3/c1-3-5-7-8-9-11-21-28-24-19-15-23(16-20-24)26(27)29-25-17-13-22(14-18-25)12-10-6-4-2/h13-20H,3-12,21H2,1-2H3. The molecule has 0 fully saturated rings. The molecule has 0 aliphatic rings. The first-order chi connectivity index (χ1) is 14.2. The van der Waals surface area contributed by atoms with Crippen LogP contribution in [-0.4, -0.2) is 12.6 Å². The first-order valence-corrected chi connectivity index (χ1v) is 11.3. The average molecular weight is 397 g/mol. The molecule has 0 radical (unpaired) electrons. The van der Waals surface area contributed by atoms with Gasteiger partial charge in [-0.1, -0.05) is 70.9 Å². The largest absolute Gasteiger partial charge is 0.494 e. The van der Waals surface area contributed by atoms with Crippen molar-refractivity contribution < 1.29 is 14.3 Å². The molecule has 2 aromatic carbocycles. The van der Waals surface area contributed by atoms with E-state index in [1.54, 1.807) is 12.1 Å². The molecular weight excluding hydrogens is 360 g/mol. The average Bonchev–Trinajstić information content (AvgIpc) is 2.75. The van der Waals surface area contributed by atoms with E-state index in [1.807, 2.05) is 36.4 Å². The number of carbonyl (C=O) groups excluding carboxylic acids is 1. The first-order valence-electron chi connectivity index (χ1n) is 11.3. The predicted octanol–water partition coefficient (Wildman–Crippen LogP) is 7.38. The van der Waals surface area contributed by atoms with Gasteiger partial charge in [0, 0.05) is 0 Å². The van der Waals surface area contributed by atoms with E-state index in [4.69, 9.17) is 9.47 Å². The van der Waals surface area contributed by atoms with E-state index in [0.29, 0.717) is 11.3 Å². The van der Waals surface area contributed by atoms with Crippen LogP contribution in [0.25, 0.3) is 0 Å². The van der Waals surface area contributed by atoms with Crippen LogP contribution in [0.4, 0.5) is 0 Å². The first kappa shape index (κ1) is 23.0. The van der Waals surface area contributed by atoms with Crippen molar-refractivity contribution in [3.63, 3.8) is 0 Å². The van der Waals surface area contributed by atoms with Gasteiger partial charge in [-0.2, -0.15) is 0 Å². The molecule has 0 saturated heterocycles. The maximum absolute atomic E-state index is 12.3. The molecule has 0 N–H and O–H groups in total. The molecule has 0 unspecified atom stereocenters. The van der Waals surface area contributed by atoms with Crippen LogP contribution in [0.5, 0.6) is 11.5 Å². The number of hydrogen-bond acceptors (Lipinski definition) is 3. The zero-order chi connectivity index (χ0) is 20.7. The summed E-state index contributed by atoms with van der Waals surface area (Å²) in [7, 11) is 0. The molecular formula is C26H36O3. The predicted molar refractivity (Wildman–Crippen MR) is 120 cm³/mol. The Kier molecular flexibility index (Phi) is 11.0. The third kappa shape index (κ3) is 9.17. The molecule has 158 valence electrons. The smallest absolute Gasteiger partial charge is 0.343 e. The summed E-state index contributed by atoms with van der Waals surface area (Å²) in [6, 6.07) is 15.0. The molecule has 0 heterocycles. The lowest BCUT2D eigenvalue weighted by atomic mass is 10.1. The van der Waals surface area contributed by atoms with Crippen LogP contribution in [-0.2, 0) is 6.42 Å². The second-order valence-electron chi connectivity index (χ2n) is 7.63. The normalized spacial score (nSPS) is 10.7. The highest BCUT2D eigenvalue weighted by Gasteiger charge is 2.09. The molecule has 0 spiro atoms. The van der Waals surface area contributed by atoms with E-state index in [-0.39, 0.29) is 5.97 Å². The number of carbonyl (C=O) groups is 1. The second-order valence-corrected chi connectivity index (χ2v) is 7.63. The van der Waals surface area contributed by atoms with Crippen molar-refractivity contribution in [1.29, 1.82) is 0 Å². The van der Waals surface area contributed by atoms with E-state index in [0.717, 1.165) is 25.2 Å². The van der Waals surface area contributed by atoms with Gasteiger partial charge in [0.05, 0.1) is 12.2 Å². The summed E-state index contributed by atoms with van der Waals surface area (Å²) < 4.78 is 11.3. The lowest BCUT2D eigenvalue weighted by Gasteiger charge is -2.08. The molecule has 2 rings (SSSR count). The molecule has 29 heavy (non-hydrogen) atoms. The van der Waals surface area contributed by atoms with Crippen molar-refractivity contribution >= 4 is 5.97 Å². The Morgan fingerprint density at radius 3 is 1.97 bits per heavy atom. The van der Waals surface area contributed by atoms with Crippen LogP contribution in [0.15, 0.2) is 48.5 Å². The number of aryl methyl sites for hydroxylation is 1. The molecule has 0 bridgehead atoms. The third-order valence-corrected chi connectivity index (χ3v) is 5.06. The van der Waals surface area contributed by atoms with Gasteiger partial charge in [-0.3, -0.25) is 0 Å². The van der Waals surface area contributed by atoms with Crippen LogP contribution in [0.3, 0.4) is 0 Å². The van der Waals surface area contributed by atoms with E-state index in [2.05, 4.69) is 13.8 Å². The topological polar surface area (TPSA) is 35.5 Å². The van der Waals surface area contributed by atoms with Crippen molar-refractivity contribution in [3.8, 4) is 11.5 Å². The molecule has 2 aromatic rings. The van der Waals surface area contributed by atoms with E-state index in [9.17, 15) is 4.79 Å². The van der Waals surface area contributed by atoms with Gasteiger partial charge in [0.25, 0.3) is 0 Å². The molecule has 0 saturated carbocycles. The Bertz CT molecular complexity index is 689. The van der Waals surface area contributed by atoms with Crippen LogP contribution in [0.2, 0.25) is 0 Å². The van der Waals surface area contributed by atoms with Gasteiger partial charge in [0.15, 0.2) is 0 Å². The third-order valence-electron chi connectivity index (χ3n) is 5.06. The Labute approximate surface area is 176 Å². The minimum absolute atomic E-state index is 0.341. The Hall–Kier alpha value is -2.29. The minimum atomic E-state index is -0.341. The van der Waals surface area contributed by atoms with Crippen LogP contribution < -0.4 is 9.47 Å². The maximum Gasteiger partial charge on any atom is 0.343 e. The van der Waals surface area contributed by atoms with Gasteiger partial charge >= 0.3 is 5.97 Å². The van der Waals surface area contributed by atoms with Crippen LogP contribution in [0.1, 0.15) is 87.6 Å². The number of ether oxygens (including phenoxy) is 2. The quantitative estimate of drug-likeness (QED) is 0.190. The maximum atomic E-state index is 12.3. The summed E-state index contributed by atoms with van der Waals surface area (Å²) in [5.74, 6) is 1.04. The summed E-state index contributed by atoms with van der Waals surface area (Å²) in [5.41, 5.74) is 1.81. The van der Waals surface area contributed by atoms with Gasteiger partial charge in [0.2, 0.25) is 0 Å². The van der Waals surface area contributed by atoms with Crippen LogP contribution >= 0.6 is 0 Å². The Morgan fingerprint density at radius 2 is 1.28 bits per heavy atom. The highest BCUT2D eigenvalue weighted by Crippen LogP contribution is 2.18. The number of esters is 1. The number of benzene rings is 2. The zero-order valence-electron chi connectivity index (χ0n) is 18.1. The van der Waals surface area contributed by atoms with Crippen molar-refractivity contribution in [2.24, 2.45) is 0 Å². The van der Waals surface area contributed by atoms with E-state index in [1.165, 1.54) is 56.9 Å². The fourth-order valence-electron chi connectivity index (χ4n) is 3.23. The zero-order valence-corrected chi connectivity index (χ0v) is 18.1. The van der Waals surface area contributed by atoms with Crippen LogP contribution in [0, 0.1) is 0 Å². The van der Waals surface area contributed by atoms with Gasteiger partial charge < -0.3 is 9.47 Å². The van der Waals surface area contributed by atoms with E-state index < -0.39 is 0 Å². The van der Waals surface area contributed by atoms with Gasteiger partial charge in [-0.15, -0.1) is 0 Å². The molecule has 0 aromatic heterocycles. The Morgan fingerprint density at radius 1 is 0.690 bits per heavy atom. The SMILES string of the molecule is CCCCCCCCOc1ccc(C(=O)Oc2ccc(CCCCC)cc2)cc1. The molecule has 3 heteroatoms. The summed E-state index contributed by atoms with van der Waals surface area (Å²) >= 11 is 0. The Balaban J connectivity index is 1.72. The fraction of sp³-hybridized carbons (Fsp3) is 0.500. The number of rotatable bonds is 14. The molecule has 0 atom stereocenters. The van der Waals surface area contributed by atoms with Crippen molar-refractivity contribution in [2.45, 2.75) is 78.1 Å². The summed E-state index contributed by atoms with van der Waals surface area (Å²) in [6.07, 6.45) is 12.2. The van der Waals surface area contributed by atoms with Gasteiger partial charge in [-0.25, -0.2) is 4.79 Å². The van der Waals surface area contributed by atoms with Gasteiger partial charge in [0.1, 0.15) is 11.5 Å². The van der Waals surface area contributed by atoms with E-state index >= 15 is 0 Å². The summed E-state index contributed by atoms with van der Waals surface area (Å²) in [4.78, 5) is 12.3. The van der Waals surface area contributed by atoms with Crippen molar-refractivity contribution in [1.82, 2.24) is 0 Å². The second kappa shape index (κ2) is 13.8. The summed E-state index contributed by atoms with van der Waals surface area (Å²) in [5, 5.41) is 0. The van der Waals surface area contributed by atoms with Gasteiger partial charge in [-0.05, 0) is 61.2 Å². The monoisotopic (exact) mass is 396 g/mol.